The minimum Gasteiger partial charge on any atom is -0.490 e. The number of pyridine rings is 1. The van der Waals surface area contributed by atoms with Crippen LogP contribution in [0.5, 0.6) is 5.75 Å². The van der Waals surface area contributed by atoms with Crippen LogP contribution in [0.15, 0.2) is 48.7 Å². The molecule has 0 N–H and O–H groups in total. The fraction of sp³-hybridized carbons (Fsp3) is 0.500. The molecule has 0 spiro atoms. The maximum absolute atomic E-state index is 12.8. The molecular weight excluding hydrogens is 376 g/mol. The SMILES string of the molecule is CN(C)C1CCN(C(=O)c2ccc(OC3CCN(Cc4ccccn4)CC3)cc2)C1. The number of ether oxygens (including phenoxy) is 1. The molecule has 0 radical (unpaired) electrons. The molecule has 6 heteroatoms. The van der Waals surface area contributed by atoms with E-state index in [4.69, 9.17) is 4.74 Å². The zero-order valence-electron chi connectivity index (χ0n) is 18.0. The van der Waals surface area contributed by atoms with E-state index < -0.39 is 0 Å². The number of rotatable bonds is 6. The van der Waals surface area contributed by atoms with E-state index in [1.807, 2.05) is 47.5 Å². The van der Waals surface area contributed by atoms with E-state index in [0.717, 1.165) is 69.0 Å². The second kappa shape index (κ2) is 9.58. The Morgan fingerprint density at radius 1 is 1.07 bits per heavy atom. The Bertz CT molecular complexity index is 817. The summed E-state index contributed by atoms with van der Waals surface area (Å²) in [5, 5.41) is 0. The number of hydrogen-bond donors (Lipinski definition) is 0. The van der Waals surface area contributed by atoms with Crippen LogP contribution in [0.3, 0.4) is 0 Å². The normalized spacial score (nSPS) is 20.6. The zero-order chi connectivity index (χ0) is 20.9. The predicted molar refractivity (Wildman–Crippen MR) is 118 cm³/mol. The third-order valence-corrected chi connectivity index (χ3v) is 6.23. The summed E-state index contributed by atoms with van der Waals surface area (Å²) in [6, 6.07) is 14.2. The van der Waals surface area contributed by atoms with E-state index >= 15 is 0 Å². The van der Waals surface area contributed by atoms with Crippen molar-refractivity contribution in [2.45, 2.75) is 38.0 Å². The molecule has 1 aromatic heterocycles. The van der Waals surface area contributed by atoms with Crippen LogP contribution in [0, 0.1) is 0 Å². The van der Waals surface area contributed by atoms with Gasteiger partial charge in [-0.25, -0.2) is 0 Å². The van der Waals surface area contributed by atoms with Crippen molar-refractivity contribution in [3.63, 3.8) is 0 Å². The lowest BCUT2D eigenvalue weighted by Gasteiger charge is -2.31. The summed E-state index contributed by atoms with van der Waals surface area (Å²) in [5.41, 5.74) is 1.86. The van der Waals surface area contributed by atoms with Crippen molar-refractivity contribution in [3.8, 4) is 5.75 Å². The second-order valence-electron chi connectivity index (χ2n) is 8.60. The topological polar surface area (TPSA) is 48.9 Å². The van der Waals surface area contributed by atoms with Crippen LogP contribution in [0.4, 0.5) is 0 Å². The molecule has 2 aromatic rings. The summed E-state index contributed by atoms with van der Waals surface area (Å²) in [6.45, 7) is 4.56. The molecule has 1 unspecified atom stereocenters. The van der Waals surface area contributed by atoms with Gasteiger partial charge in [0.15, 0.2) is 0 Å². The molecule has 1 amide bonds. The molecule has 0 aliphatic carbocycles. The Balaban J connectivity index is 1.25. The summed E-state index contributed by atoms with van der Waals surface area (Å²) >= 11 is 0. The van der Waals surface area contributed by atoms with Gasteiger partial charge in [-0.15, -0.1) is 0 Å². The molecule has 160 valence electrons. The van der Waals surface area contributed by atoms with Crippen molar-refractivity contribution in [2.75, 3.05) is 40.3 Å². The van der Waals surface area contributed by atoms with E-state index in [0.29, 0.717) is 6.04 Å². The first-order valence-electron chi connectivity index (χ1n) is 10.9. The van der Waals surface area contributed by atoms with Gasteiger partial charge >= 0.3 is 0 Å². The third kappa shape index (κ3) is 5.18. The van der Waals surface area contributed by atoms with E-state index in [-0.39, 0.29) is 12.0 Å². The van der Waals surface area contributed by atoms with Gasteiger partial charge in [-0.05, 0) is 69.8 Å². The van der Waals surface area contributed by atoms with Gasteiger partial charge in [0, 0.05) is 50.5 Å². The Kier molecular flexibility index (Phi) is 6.65. The predicted octanol–water partition coefficient (Wildman–Crippen LogP) is 2.90. The number of likely N-dealkylation sites (N-methyl/N-ethyl adjacent to an activating group) is 1. The maximum atomic E-state index is 12.8. The first-order valence-corrected chi connectivity index (χ1v) is 10.9. The molecule has 6 nitrogen and oxygen atoms in total. The minimum absolute atomic E-state index is 0.119. The van der Waals surface area contributed by atoms with E-state index in [1.165, 1.54) is 0 Å². The van der Waals surface area contributed by atoms with Crippen LogP contribution in [0.25, 0.3) is 0 Å². The van der Waals surface area contributed by atoms with Crippen molar-refractivity contribution in [3.05, 3.63) is 59.9 Å². The summed E-state index contributed by atoms with van der Waals surface area (Å²) in [4.78, 5) is 23.8. The molecule has 30 heavy (non-hydrogen) atoms. The molecule has 4 rings (SSSR count). The van der Waals surface area contributed by atoms with Gasteiger partial charge in [0.1, 0.15) is 11.9 Å². The van der Waals surface area contributed by atoms with Gasteiger partial charge in [-0.2, -0.15) is 0 Å². The summed E-state index contributed by atoms with van der Waals surface area (Å²) < 4.78 is 6.19. The summed E-state index contributed by atoms with van der Waals surface area (Å²) in [7, 11) is 4.15. The van der Waals surface area contributed by atoms with Crippen molar-refractivity contribution in [2.24, 2.45) is 0 Å². The van der Waals surface area contributed by atoms with Crippen LogP contribution < -0.4 is 4.74 Å². The number of benzene rings is 1. The Hall–Kier alpha value is -2.44. The van der Waals surface area contributed by atoms with Crippen LogP contribution in [0.2, 0.25) is 0 Å². The van der Waals surface area contributed by atoms with Gasteiger partial charge in [0.25, 0.3) is 5.91 Å². The van der Waals surface area contributed by atoms with E-state index in [9.17, 15) is 4.79 Å². The lowest BCUT2D eigenvalue weighted by atomic mass is 10.1. The highest BCUT2D eigenvalue weighted by Crippen LogP contribution is 2.22. The number of aromatic nitrogens is 1. The molecule has 2 saturated heterocycles. The molecule has 1 atom stereocenters. The number of carbonyl (C=O) groups is 1. The van der Waals surface area contributed by atoms with Crippen molar-refractivity contribution in [1.29, 1.82) is 0 Å². The molecule has 2 aliphatic heterocycles. The summed E-state index contributed by atoms with van der Waals surface area (Å²) in [6.07, 6.45) is 5.13. The Labute approximate surface area is 179 Å². The van der Waals surface area contributed by atoms with Gasteiger partial charge in [-0.3, -0.25) is 14.7 Å². The van der Waals surface area contributed by atoms with Crippen molar-refractivity contribution < 1.29 is 9.53 Å². The van der Waals surface area contributed by atoms with Gasteiger partial charge < -0.3 is 14.5 Å². The number of piperidine rings is 1. The standard InChI is InChI=1S/C24H32N4O2/c1-26(2)21-10-16-28(18-21)24(29)19-6-8-22(9-7-19)30-23-11-14-27(15-12-23)17-20-5-3-4-13-25-20/h3-9,13,21,23H,10-12,14-18H2,1-2H3. The average molecular weight is 409 g/mol. The number of amides is 1. The highest BCUT2D eigenvalue weighted by Gasteiger charge is 2.28. The van der Waals surface area contributed by atoms with E-state index in [1.54, 1.807) is 0 Å². The van der Waals surface area contributed by atoms with Gasteiger partial charge in [0.05, 0.1) is 5.69 Å². The first-order chi connectivity index (χ1) is 14.6. The van der Waals surface area contributed by atoms with Crippen LogP contribution in [-0.2, 0) is 6.54 Å². The number of hydrogen-bond acceptors (Lipinski definition) is 5. The lowest BCUT2D eigenvalue weighted by molar-refractivity contribution is 0.0782. The molecule has 3 heterocycles. The average Bonchev–Trinajstić information content (AvgIpc) is 3.27. The molecule has 2 aliphatic rings. The van der Waals surface area contributed by atoms with Gasteiger partial charge in [0.2, 0.25) is 0 Å². The second-order valence-corrected chi connectivity index (χ2v) is 8.60. The molecule has 2 fully saturated rings. The van der Waals surface area contributed by atoms with Crippen LogP contribution >= 0.6 is 0 Å². The Morgan fingerprint density at radius 3 is 2.47 bits per heavy atom. The smallest absolute Gasteiger partial charge is 0.253 e. The molecule has 0 saturated carbocycles. The molecule has 0 bridgehead atoms. The zero-order valence-corrected chi connectivity index (χ0v) is 18.0. The Morgan fingerprint density at radius 2 is 1.83 bits per heavy atom. The summed E-state index contributed by atoms with van der Waals surface area (Å²) in [5.74, 6) is 0.969. The fourth-order valence-electron chi connectivity index (χ4n) is 4.30. The number of likely N-dealkylation sites (tertiary alicyclic amines) is 2. The van der Waals surface area contributed by atoms with Crippen molar-refractivity contribution in [1.82, 2.24) is 19.7 Å². The first kappa shape index (κ1) is 20.8. The largest absolute Gasteiger partial charge is 0.490 e. The van der Waals surface area contributed by atoms with Crippen molar-refractivity contribution >= 4 is 5.91 Å². The molecular formula is C24H32N4O2. The minimum atomic E-state index is 0.119. The fourth-order valence-corrected chi connectivity index (χ4v) is 4.30. The van der Waals surface area contributed by atoms with Crippen LogP contribution in [0.1, 0.15) is 35.3 Å². The van der Waals surface area contributed by atoms with E-state index in [2.05, 4.69) is 34.9 Å². The van der Waals surface area contributed by atoms with Crippen LogP contribution in [-0.4, -0.2) is 78.0 Å². The quantitative estimate of drug-likeness (QED) is 0.736. The highest BCUT2D eigenvalue weighted by molar-refractivity contribution is 5.94. The monoisotopic (exact) mass is 408 g/mol. The lowest BCUT2D eigenvalue weighted by Crippen LogP contribution is -2.38. The highest BCUT2D eigenvalue weighted by atomic mass is 16.5. The third-order valence-electron chi connectivity index (χ3n) is 6.23. The maximum Gasteiger partial charge on any atom is 0.253 e. The number of carbonyl (C=O) groups excluding carboxylic acids is 1. The van der Waals surface area contributed by atoms with Gasteiger partial charge in [-0.1, -0.05) is 6.07 Å². The number of nitrogens with zero attached hydrogens (tertiary/aromatic N) is 4. The molecule has 1 aromatic carbocycles.